The number of hydrogen-bond donors (Lipinski definition) is 0. The highest BCUT2D eigenvalue weighted by molar-refractivity contribution is 6.06. The molecule has 0 amide bonds. The number of aromatic nitrogens is 2. The molecule has 10 rings (SSSR count). The molecule has 1 heterocycles. The molecular weight excluding hydrogens is 641 g/mol. The molecule has 0 radical (unpaired) electrons. The highest BCUT2D eigenvalue weighted by atomic mass is 14.9. The molecule has 0 bridgehead atoms. The summed E-state index contributed by atoms with van der Waals surface area (Å²) in [6.07, 6.45) is 0. The monoisotopic (exact) mass is 676 g/mol. The van der Waals surface area contributed by atoms with Crippen LogP contribution in [0.1, 0.15) is 25.0 Å². The van der Waals surface area contributed by atoms with Crippen LogP contribution >= 0.6 is 0 Å². The molecule has 2 nitrogen and oxygen atoms in total. The van der Waals surface area contributed by atoms with Crippen LogP contribution in [0.4, 0.5) is 0 Å². The van der Waals surface area contributed by atoms with Crippen molar-refractivity contribution in [1.82, 2.24) is 9.97 Å². The molecule has 0 saturated heterocycles. The number of benzene rings is 8. The molecule has 1 aromatic heterocycles. The van der Waals surface area contributed by atoms with Crippen molar-refractivity contribution in [3.63, 3.8) is 0 Å². The van der Waals surface area contributed by atoms with Crippen LogP contribution in [-0.2, 0) is 5.41 Å². The lowest BCUT2D eigenvalue weighted by molar-refractivity contribution is 0.662. The third kappa shape index (κ3) is 5.18. The summed E-state index contributed by atoms with van der Waals surface area (Å²) < 4.78 is 0. The molecule has 53 heavy (non-hydrogen) atoms. The van der Waals surface area contributed by atoms with Gasteiger partial charge in [-0.2, -0.15) is 0 Å². The molecule has 0 unspecified atom stereocenters. The summed E-state index contributed by atoms with van der Waals surface area (Å²) in [5.41, 5.74) is 15.1. The first-order valence-corrected chi connectivity index (χ1v) is 18.3. The number of hydrogen-bond acceptors (Lipinski definition) is 2. The predicted octanol–water partition coefficient (Wildman–Crippen LogP) is 13.4. The van der Waals surface area contributed by atoms with Gasteiger partial charge in [-0.3, -0.25) is 0 Å². The number of rotatable bonds is 5. The molecule has 0 N–H and O–H groups in total. The second-order valence-electron chi connectivity index (χ2n) is 14.6. The van der Waals surface area contributed by atoms with Gasteiger partial charge in [-0.15, -0.1) is 0 Å². The van der Waals surface area contributed by atoms with E-state index < -0.39 is 0 Å². The van der Waals surface area contributed by atoms with Crippen LogP contribution in [-0.4, -0.2) is 9.97 Å². The van der Waals surface area contributed by atoms with E-state index in [1.165, 1.54) is 60.5 Å². The smallest absolute Gasteiger partial charge is 0.160 e. The summed E-state index contributed by atoms with van der Waals surface area (Å²) >= 11 is 0. The van der Waals surface area contributed by atoms with Gasteiger partial charge in [0, 0.05) is 22.1 Å². The SMILES string of the molecule is CC1(C)c2ccccc2-c2cccc(-c3ccc(-c4cc(-c5cccc(-c6ccc7ccccc7c6)c5)nc(-c5ccccc5)n4)c4ccccc34)c21. The fraction of sp³-hybridized carbons (Fsp3) is 0.0588. The van der Waals surface area contributed by atoms with E-state index in [9.17, 15) is 0 Å². The summed E-state index contributed by atoms with van der Waals surface area (Å²) in [6.45, 7) is 4.72. The molecular formula is C51H36N2. The molecule has 0 saturated carbocycles. The van der Waals surface area contributed by atoms with E-state index in [4.69, 9.17) is 9.97 Å². The van der Waals surface area contributed by atoms with Gasteiger partial charge in [0.05, 0.1) is 11.4 Å². The van der Waals surface area contributed by atoms with Gasteiger partial charge in [0.2, 0.25) is 0 Å². The Morgan fingerprint density at radius 3 is 1.79 bits per heavy atom. The molecule has 0 spiro atoms. The molecule has 8 aromatic carbocycles. The van der Waals surface area contributed by atoms with Crippen molar-refractivity contribution >= 4 is 21.5 Å². The summed E-state index contributed by atoms with van der Waals surface area (Å²) in [5.74, 6) is 0.711. The topological polar surface area (TPSA) is 25.8 Å². The van der Waals surface area contributed by atoms with Crippen molar-refractivity contribution in [3.05, 3.63) is 193 Å². The molecule has 1 aliphatic carbocycles. The summed E-state index contributed by atoms with van der Waals surface area (Å²) in [6, 6.07) is 65.4. The molecule has 0 fully saturated rings. The van der Waals surface area contributed by atoms with Crippen LogP contribution in [0, 0.1) is 0 Å². The Morgan fingerprint density at radius 1 is 0.358 bits per heavy atom. The van der Waals surface area contributed by atoms with E-state index in [1.807, 2.05) is 18.2 Å². The third-order valence-corrected chi connectivity index (χ3v) is 11.1. The van der Waals surface area contributed by atoms with Gasteiger partial charge >= 0.3 is 0 Å². The molecule has 0 aliphatic heterocycles. The van der Waals surface area contributed by atoms with Crippen molar-refractivity contribution < 1.29 is 0 Å². The van der Waals surface area contributed by atoms with Crippen molar-refractivity contribution in [2.75, 3.05) is 0 Å². The summed E-state index contributed by atoms with van der Waals surface area (Å²) in [4.78, 5) is 10.5. The second kappa shape index (κ2) is 12.3. The maximum Gasteiger partial charge on any atom is 0.160 e. The highest BCUT2D eigenvalue weighted by Gasteiger charge is 2.37. The Labute approximate surface area is 310 Å². The first-order valence-electron chi connectivity index (χ1n) is 18.3. The Balaban J connectivity index is 1.14. The zero-order valence-corrected chi connectivity index (χ0v) is 29.7. The van der Waals surface area contributed by atoms with Crippen LogP contribution in [0.5, 0.6) is 0 Å². The Hall–Kier alpha value is -6.64. The standard InChI is InChI=1S/C51H36N2/c1-51(2)46-25-11-10-22-42(46)45-24-13-23-44(49(45)51)41-28-29-43(40-21-9-8-20-39(40)41)48-32-47(52-50(53-48)34-15-4-3-5-16-34)38-19-12-18-36(31-38)37-27-26-33-14-6-7-17-35(33)30-37/h3-32H,1-2H3. The van der Waals surface area contributed by atoms with Crippen LogP contribution in [0.3, 0.4) is 0 Å². The maximum atomic E-state index is 5.26. The van der Waals surface area contributed by atoms with Crippen LogP contribution in [0.2, 0.25) is 0 Å². The molecule has 0 atom stereocenters. The summed E-state index contributed by atoms with van der Waals surface area (Å²) in [7, 11) is 0. The molecule has 250 valence electrons. The first-order chi connectivity index (χ1) is 26.0. The third-order valence-electron chi connectivity index (χ3n) is 11.1. The van der Waals surface area contributed by atoms with E-state index in [2.05, 4.69) is 178 Å². The highest BCUT2D eigenvalue weighted by Crippen LogP contribution is 2.53. The average molecular weight is 677 g/mol. The fourth-order valence-electron chi connectivity index (χ4n) is 8.51. The van der Waals surface area contributed by atoms with Gasteiger partial charge in [0.15, 0.2) is 5.82 Å². The quantitative estimate of drug-likeness (QED) is 0.181. The Kier molecular flexibility index (Phi) is 7.19. The van der Waals surface area contributed by atoms with Crippen LogP contribution in [0.15, 0.2) is 182 Å². The largest absolute Gasteiger partial charge is 0.228 e. The lowest BCUT2D eigenvalue weighted by Crippen LogP contribution is -2.16. The van der Waals surface area contributed by atoms with E-state index >= 15 is 0 Å². The van der Waals surface area contributed by atoms with Gasteiger partial charge in [0.1, 0.15) is 0 Å². The second-order valence-corrected chi connectivity index (χ2v) is 14.6. The van der Waals surface area contributed by atoms with Crippen molar-refractivity contribution in [2.24, 2.45) is 0 Å². The number of nitrogens with zero attached hydrogens (tertiary/aromatic N) is 2. The lowest BCUT2D eigenvalue weighted by atomic mass is 9.78. The van der Waals surface area contributed by atoms with E-state index in [-0.39, 0.29) is 5.41 Å². The Bertz CT molecular complexity index is 2870. The minimum Gasteiger partial charge on any atom is -0.228 e. The van der Waals surface area contributed by atoms with Crippen LogP contribution < -0.4 is 0 Å². The van der Waals surface area contributed by atoms with Gasteiger partial charge in [-0.1, -0.05) is 178 Å². The minimum absolute atomic E-state index is 0.115. The van der Waals surface area contributed by atoms with Crippen molar-refractivity contribution in [2.45, 2.75) is 19.3 Å². The maximum absolute atomic E-state index is 5.26. The van der Waals surface area contributed by atoms with Gasteiger partial charge < -0.3 is 0 Å². The zero-order valence-electron chi connectivity index (χ0n) is 29.7. The Morgan fingerprint density at radius 2 is 0.943 bits per heavy atom. The summed E-state index contributed by atoms with van der Waals surface area (Å²) in [5, 5.41) is 4.86. The average Bonchev–Trinajstić information content (AvgIpc) is 3.46. The van der Waals surface area contributed by atoms with Crippen molar-refractivity contribution in [3.8, 4) is 67.3 Å². The number of fused-ring (bicyclic) bond motifs is 5. The molecule has 1 aliphatic rings. The van der Waals surface area contributed by atoms with E-state index in [1.54, 1.807) is 0 Å². The first kappa shape index (κ1) is 31.1. The van der Waals surface area contributed by atoms with Gasteiger partial charge in [0.25, 0.3) is 0 Å². The minimum atomic E-state index is -0.115. The predicted molar refractivity (Wildman–Crippen MR) is 222 cm³/mol. The van der Waals surface area contributed by atoms with Crippen LogP contribution in [0.25, 0.3) is 88.8 Å². The zero-order chi connectivity index (χ0) is 35.5. The van der Waals surface area contributed by atoms with E-state index in [0.29, 0.717) is 5.82 Å². The lowest BCUT2D eigenvalue weighted by Gasteiger charge is -2.25. The van der Waals surface area contributed by atoms with E-state index in [0.717, 1.165) is 33.6 Å². The molecule has 9 aromatic rings. The molecule has 2 heteroatoms. The van der Waals surface area contributed by atoms with Gasteiger partial charge in [-0.05, 0) is 84.3 Å². The normalized spacial score (nSPS) is 12.9. The van der Waals surface area contributed by atoms with Gasteiger partial charge in [-0.25, -0.2) is 9.97 Å². The fourth-order valence-corrected chi connectivity index (χ4v) is 8.51. The van der Waals surface area contributed by atoms with Crippen molar-refractivity contribution in [1.29, 1.82) is 0 Å².